The maximum absolute atomic E-state index is 12.0. The zero-order chi connectivity index (χ0) is 23.7. The van der Waals surface area contributed by atoms with E-state index in [9.17, 15) is 9.90 Å². The summed E-state index contributed by atoms with van der Waals surface area (Å²) in [5, 5.41) is 9.79. The van der Waals surface area contributed by atoms with Crippen LogP contribution in [-0.2, 0) is 9.53 Å². The number of allylic oxidation sites excluding steroid dienone is 5. The van der Waals surface area contributed by atoms with Crippen LogP contribution in [0.25, 0.3) is 6.08 Å². The Balaban J connectivity index is 1.89. The lowest BCUT2D eigenvalue weighted by molar-refractivity contribution is -0.136. The third-order valence-corrected chi connectivity index (χ3v) is 5.72. The summed E-state index contributed by atoms with van der Waals surface area (Å²) in [6.45, 7) is 10.3. The Hall–Kier alpha value is -2.75. The first-order chi connectivity index (χ1) is 15.1. The number of hydrogen-bond donors (Lipinski definition) is 1. The van der Waals surface area contributed by atoms with Gasteiger partial charge in [-0.05, 0) is 96.9 Å². The highest BCUT2D eigenvalue weighted by atomic mass is 16.5. The van der Waals surface area contributed by atoms with Gasteiger partial charge in [-0.1, -0.05) is 35.5 Å². The molecule has 0 saturated heterocycles. The van der Waals surface area contributed by atoms with Gasteiger partial charge in [0.1, 0.15) is 17.1 Å². The molecule has 4 heteroatoms. The molecule has 4 nitrogen and oxygen atoms in total. The van der Waals surface area contributed by atoms with E-state index >= 15 is 0 Å². The number of esters is 1. The molecule has 1 atom stereocenters. The SMILES string of the molecule is COC(=O)/C(=C\CC/C(C)=C/CCC1(C)C=Cc2cc(O)cc(C)c2O1)CCC=C(C)C. The van der Waals surface area contributed by atoms with Crippen LogP contribution in [0.15, 0.2) is 53.2 Å². The van der Waals surface area contributed by atoms with E-state index in [1.807, 2.05) is 19.1 Å². The predicted octanol–water partition coefficient (Wildman–Crippen LogP) is 7.22. The Bertz CT molecular complexity index is 929. The first-order valence-electron chi connectivity index (χ1n) is 11.4. The van der Waals surface area contributed by atoms with Crippen LogP contribution in [0.1, 0.15) is 77.3 Å². The Kier molecular flexibility index (Phi) is 9.37. The van der Waals surface area contributed by atoms with Crippen LogP contribution in [0, 0.1) is 6.92 Å². The average Bonchev–Trinajstić information content (AvgIpc) is 2.72. The van der Waals surface area contributed by atoms with Gasteiger partial charge in [0.25, 0.3) is 0 Å². The minimum Gasteiger partial charge on any atom is -0.508 e. The molecule has 0 radical (unpaired) electrons. The number of carbonyl (C=O) groups excluding carboxylic acids is 1. The van der Waals surface area contributed by atoms with Gasteiger partial charge in [0.05, 0.1) is 7.11 Å². The van der Waals surface area contributed by atoms with E-state index in [4.69, 9.17) is 9.47 Å². The summed E-state index contributed by atoms with van der Waals surface area (Å²) in [4.78, 5) is 12.0. The number of aromatic hydroxyl groups is 1. The van der Waals surface area contributed by atoms with Crippen LogP contribution >= 0.6 is 0 Å². The molecule has 0 spiro atoms. The van der Waals surface area contributed by atoms with Gasteiger partial charge in [-0.2, -0.15) is 0 Å². The van der Waals surface area contributed by atoms with Gasteiger partial charge >= 0.3 is 5.97 Å². The van der Waals surface area contributed by atoms with Crippen molar-refractivity contribution in [2.45, 2.75) is 78.7 Å². The summed E-state index contributed by atoms with van der Waals surface area (Å²) >= 11 is 0. The van der Waals surface area contributed by atoms with Gasteiger partial charge in [-0.15, -0.1) is 0 Å². The minimum absolute atomic E-state index is 0.230. The van der Waals surface area contributed by atoms with Crippen LogP contribution in [0.3, 0.4) is 0 Å². The van der Waals surface area contributed by atoms with Crippen LogP contribution < -0.4 is 4.74 Å². The Labute approximate surface area is 193 Å². The molecular weight excluding hydrogens is 400 g/mol. The van der Waals surface area contributed by atoms with Gasteiger partial charge in [0.2, 0.25) is 0 Å². The summed E-state index contributed by atoms with van der Waals surface area (Å²) in [7, 11) is 1.44. The lowest BCUT2D eigenvalue weighted by Crippen LogP contribution is -2.32. The molecule has 0 aromatic heterocycles. The second-order valence-electron chi connectivity index (χ2n) is 9.10. The van der Waals surface area contributed by atoms with Crippen molar-refractivity contribution in [1.29, 1.82) is 0 Å². The van der Waals surface area contributed by atoms with Crippen LogP contribution in [0.2, 0.25) is 0 Å². The molecule has 1 N–H and O–H groups in total. The smallest absolute Gasteiger partial charge is 0.333 e. The van der Waals surface area contributed by atoms with Gasteiger partial charge < -0.3 is 14.6 Å². The summed E-state index contributed by atoms with van der Waals surface area (Å²) in [6, 6.07) is 3.47. The molecule has 0 fully saturated rings. The van der Waals surface area contributed by atoms with Crippen molar-refractivity contribution in [2.75, 3.05) is 7.11 Å². The van der Waals surface area contributed by atoms with Crippen molar-refractivity contribution in [2.24, 2.45) is 0 Å². The molecule has 0 amide bonds. The van der Waals surface area contributed by atoms with E-state index in [1.54, 1.807) is 12.1 Å². The highest BCUT2D eigenvalue weighted by Gasteiger charge is 2.27. The molecule has 1 aromatic carbocycles. The van der Waals surface area contributed by atoms with Crippen LogP contribution in [-0.4, -0.2) is 23.8 Å². The topological polar surface area (TPSA) is 55.8 Å². The van der Waals surface area contributed by atoms with E-state index in [0.29, 0.717) is 6.42 Å². The zero-order valence-corrected chi connectivity index (χ0v) is 20.5. The third-order valence-electron chi connectivity index (χ3n) is 5.72. The van der Waals surface area contributed by atoms with E-state index in [2.05, 4.69) is 45.9 Å². The number of fused-ring (bicyclic) bond motifs is 1. The molecule has 0 saturated carbocycles. The standard InChI is InChI=1S/C28H38O4/c1-20(2)10-7-13-23(27(30)31-6)14-8-11-21(3)12-9-16-28(5)17-15-24-19-25(29)18-22(4)26(24)32-28/h10,12,14-15,17-19,29H,7-9,11,13,16H2,1-6H3/b21-12+,23-14-. The highest BCUT2D eigenvalue weighted by molar-refractivity contribution is 5.88. The fraction of sp³-hybridized carbons (Fsp3) is 0.464. The van der Waals surface area contributed by atoms with Gasteiger partial charge in [0.15, 0.2) is 0 Å². The van der Waals surface area contributed by atoms with E-state index in [1.165, 1.54) is 18.3 Å². The number of phenols is 1. The fourth-order valence-electron chi connectivity index (χ4n) is 3.83. The van der Waals surface area contributed by atoms with Gasteiger partial charge in [-0.3, -0.25) is 0 Å². The zero-order valence-electron chi connectivity index (χ0n) is 20.5. The molecule has 174 valence electrons. The fourth-order valence-corrected chi connectivity index (χ4v) is 3.83. The molecular formula is C28H38O4. The van der Waals surface area contributed by atoms with Crippen molar-refractivity contribution >= 4 is 12.0 Å². The quantitative estimate of drug-likeness (QED) is 0.238. The number of benzene rings is 1. The number of carbonyl (C=O) groups is 1. The number of ether oxygens (including phenoxy) is 2. The second kappa shape index (κ2) is 11.8. The average molecular weight is 439 g/mol. The molecule has 0 aliphatic carbocycles. The van der Waals surface area contributed by atoms with Crippen molar-refractivity contribution in [1.82, 2.24) is 0 Å². The largest absolute Gasteiger partial charge is 0.508 e. The normalized spacial score (nSPS) is 18.1. The number of rotatable bonds is 10. The van der Waals surface area contributed by atoms with Crippen LogP contribution in [0.4, 0.5) is 0 Å². The van der Waals surface area contributed by atoms with E-state index in [0.717, 1.165) is 54.6 Å². The first kappa shape index (κ1) is 25.5. The number of aryl methyl sites for hydroxylation is 1. The van der Waals surface area contributed by atoms with Gasteiger partial charge in [0, 0.05) is 11.1 Å². The summed E-state index contributed by atoms with van der Waals surface area (Å²) in [5.74, 6) is 0.881. The number of phenolic OH excluding ortho intramolecular Hbond substituents is 1. The summed E-state index contributed by atoms with van der Waals surface area (Å²) in [6.07, 6.45) is 15.6. The maximum Gasteiger partial charge on any atom is 0.333 e. The lowest BCUT2D eigenvalue weighted by Gasteiger charge is -2.32. The van der Waals surface area contributed by atoms with Crippen molar-refractivity contribution < 1.29 is 19.4 Å². The molecule has 1 heterocycles. The first-order valence-corrected chi connectivity index (χ1v) is 11.4. The Morgan fingerprint density at radius 3 is 2.50 bits per heavy atom. The van der Waals surface area contributed by atoms with E-state index < -0.39 is 0 Å². The minimum atomic E-state index is -0.367. The maximum atomic E-state index is 12.0. The van der Waals surface area contributed by atoms with Crippen LogP contribution in [0.5, 0.6) is 11.5 Å². The second-order valence-corrected chi connectivity index (χ2v) is 9.10. The molecule has 1 aliphatic rings. The van der Waals surface area contributed by atoms with E-state index in [-0.39, 0.29) is 17.3 Å². The number of methoxy groups -OCH3 is 1. The monoisotopic (exact) mass is 438 g/mol. The van der Waals surface area contributed by atoms with Gasteiger partial charge in [-0.25, -0.2) is 4.79 Å². The highest BCUT2D eigenvalue weighted by Crippen LogP contribution is 2.38. The Morgan fingerprint density at radius 2 is 1.81 bits per heavy atom. The predicted molar refractivity (Wildman–Crippen MR) is 132 cm³/mol. The lowest BCUT2D eigenvalue weighted by atomic mass is 9.93. The van der Waals surface area contributed by atoms with Crippen molar-refractivity contribution in [3.8, 4) is 11.5 Å². The third kappa shape index (κ3) is 7.74. The molecule has 1 aliphatic heterocycles. The van der Waals surface area contributed by atoms with Crippen molar-refractivity contribution in [3.05, 3.63) is 64.3 Å². The molecule has 32 heavy (non-hydrogen) atoms. The summed E-state index contributed by atoms with van der Waals surface area (Å²) < 4.78 is 11.2. The van der Waals surface area contributed by atoms with Crippen molar-refractivity contribution in [3.63, 3.8) is 0 Å². The molecule has 0 bridgehead atoms. The number of hydrogen-bond acceptors (Lipinski definition) is 4. The summed E-state index contributed by atoms with van der Waals surface area (Å²) in [5.41, 5.74) is 4.82. The molecule has 2 rings (SSSR count). The molecule has 1 aromatic rings. The molecule has 1 unspecified atom stereocenters. The Morgan fingerprint density at radius 1 is 1.09 bits per heavy atom.